The molecule has 0 aromatic heterocycles. The summed E-state index contributed by atoms with van der Waals surface area (Å²) in [6.07, 6.45) is 1.00. The van der Waals surface area contributed by atoms with E-state index in [9.17, 15) is 4.79 Å². The third-order valence-electron chi connectivity index (χ3n) is 2.82. The number of esters is 1. The van der Waals surface area contributed by atoms with Gasteiger partial charge in [-0.2, -0.15) is 0 Å². The molecule has 19 heavy (non-hydrogen) atoms. The number of carbonyl (C=O) groups is 1. The fourth-order valence-corrected chi connectivity index (χ4v) is 1.76. The lowest BCUT2D eigenvalue weighted by molar-refractivity contribution is -0.142. The van der Waals surface area contributed by atoms with Crippen molar-refractivity contribution in [2.45, 2.75) is 20.3 Å². The van der Waals surface area contributed by atoms with Crippen molar-refractivity contribution in [2.75, 3.05) is 33.4 Å². The van der Waals surface area contributed by atoms with E-state index in [2.05, 4.69) is 11.7 Å². The van der Waals surface area contributed by atoms with Crippen molar-refractivity contribution in [3.8, 4) is 5.75 Å². The SMILES string of the molecule is CCCN(CCOc1ccc(C)cc1)CC(=O)OC. The number of methoxy groups -OCH3 is 1. The second kappa shape index (κ2) is 8.53. The van der Waals surface area contributed by atoms with Crippen molar-refractivity contribution in [2.24, 2.45) is 0 Å². The van der Waals surface area contributed by atoms with E-state index in [1.54, 1.807) is 0 Å². The van der Waals surface area contributed by atoms with Crippen LogP contribution in [0, 0.1) is 6.92 Å². The molecule has 0 aliphatic carbocycles. The largest absolute Gasteiger partial charge is 0.492 e. The molecular formula is C15H23NO3. The van der Waals surface area contributed by atoms with Crippen molar-refractivity contribution < 1.29 is 14.3 Å². The van der Waals surface area contributed by atoms with E-state index >= 15 is 0 Å². The lowest BCUT2D eigenvalue weighted by Crippen LogP contribution is -2.34. The first-order valence-corrected chi connectivity index (χ1v) is 6.64. The van der Waals surface area contributed by atoms with Gasteiger partial charge in [0, 0.05) is 6.54 Å². The van der Waals surface area contributed by atoms with E-state index in [1.807, 2.05) is 36.1 Å². The Balaban J connectivity index is 2.34. The van der Waals surface area contributed by atoms with Gasteiger partial charge in [-0.1, -0.05) is 24.6 Å². The average molecular weight is 265 g/mol. The maximum atomic E-state index is 11.3. The molecule has 0 fully saturated rings. The summed E-state index contributed by atoms with van der Waals surface area (Å²) in [4.78, 5) is 13.3. The van der Waals surface area contributed by atoms with Crippen molar-refractivity contribution in [1.29, 1.82) is 0 Å². The molecule has 0 heterocycles. The van der Waals surface area contributed by atoms with Crippen molar-refractivity contribution in [3.05, 3.63) is 29.8 Å². The molecule has 0 saturated heterocycles. The molecule has 106 valence electrons. The van der Waals surface area contributed by atoms with Crippen LogP contribution in [-0.2, 0) is 9.53 Å². The van der Waals surface area contributed by atoms with Crippen LogP contribution in [0.4, 0.5) is 0 Å². The first-order valence-electron chi connectivity index (χ1n) is 6.64. The molecule has 0 aliphatic rings. The Morgan fingerprint density at radius 2 is 1.89 bits per heavy atom. The predicted octanol–water partition coefficient (Wildman–Crippen LogP) is 2.26. The highest BCUT2D eigenvalue weighted by Crippen LogP contribution is 2.11. The Morgan fingerprint density at radius 3 is 2.47 bits per heavy atom. The zero-order chi connectivity index (χ0) is 14.1. The summed E-state index contributed by atoms with van der Waals surface area (Å²) in [6, 6.07) is 7.96. The summed E-state index contributed by atoms with van der Waals surface area (Å²) in [6.45, 7) is 6.61. The predicted molar refractivity (Wildman–Crippen MR) is 75.4 cm³/mol. The zero-order valence-electron chi connectivity index (χ0n) is 12.0. The van der Waals surface area contributed by atoms with Crippen LogP contribution >= 0.6 is 0 Å². The Kier molecular flexibility index (Phi) is 6.97. The molecule has 0 amide bonds. The lowest BCUT2D eigenvalue weighted by atomic mass is 10.2. The maximum absolute atomic E-state index is 11.3. The fraction of sp³-hybridized carbons (Fsp3) is 0.533. The Labute approximate surface area is 115 Å². The van der Waals surface area contributed by atoms with Gasteiger partial charge in [0.15, 0.2) is 0 Å². The minimum Gasteiger partial charge on any atom is -0.492 e. The van der Waals surface area contributed by atoms with E-state index in [0.717, 1.165) is 25.3 Å². The molecule has 1 aromatic carbocycles. The molecule has 1 aromatic rings. The molecule has 0 saturated carbocycles. The van der Waals surface area contributed by atoms with Gasteiger partial charge in [0.25, 0.3) is 0 Å². The van der Waals surface area contributed by atoms with Crippen LogP contribution in [0.15, 0.2) is 24.3 Å². The Morgan fingerprint density at radius 1 is 1.21 bits per heavy atom. The molecule has 0 N–H and O–H groups in total. The summed E-state index contributed by atoms with van der Waals surface area (Å²) in [5.41, 5.74) is 1.21. The van der Waals surface area contributed by atoms with Crippen LogP contribution in [0.25, 0.3) is 0 Å². The molecule has 0 radical (unpaired) electrons. The first kappa shape index (κ1) is 15.5. The van der Waals surface area contributed by atoms with E-state index in [4.69, 9.17) is 4.74 Å². The van der Waals surface area contributed by atoms with Gasteiger partial charge in [-0.05, 0) is 32.0 Å². The first-order chi connectivity index (χ1) is 9.15. The van der Waals surface area contributed by atoms with E-state index in [-0.39, 0.29) is 5.97 Å². The van der Waals surface area contributed by atoms with Crippen molar-refractivity contribution in [3.63, 3.8) is 0 Å². The molecular weight excluding hydrogens is 242 g/mol. The van der Waals surface area contributed by atoms with Gasteiger partial charge in [0.05, 0.1) is 13.7 Å². The highest BCUT2D eigenvalue weighted by Gasteiger charge is 2.09. The van der Waals surface area contributed by atoms with Gasteiger partial charge < -0.3 is 9.47 Å². The quantitative estimate of drug-likeness (QED) is 0.676. The van der Waals surface area contributed by atoms with Crippen LogP contribution in [0.5, 0.6) is 5.75 Å². The number of ether oxygens (including phenoxy) is 2. The smallest absolute Gasteiger partial charge is 0.319 e. The van der Waals surface area contributed by atoms with Gasteiger partial charge in [-0.15, -0.1) is 0 Å². The van der Waals surface area contributed by atoms with E-state index in [0.29, 0.717) is 13.2 Å². The molecule has 4 nitrogen and oxygen atoms in total. The minimum atomic E-state index is -0.205. The molecule has 1 rings (SSSR count). The van der Waals surface area contributed by atoms with Gasteiger partial charge in [-0.25, -0.2) is 0 Å². The molecule has 4 heteroatoms. The van der Waals surface area contributed by atoms with Crippen LogP contribution in [0.3, 0.4) is 0 Å². The van der Waals surface area contributed by atoms with Crippen molar-refractivity contribution in [1.82, 2.24) is 4.90 Å². The van der Waals surface area contributed by atoms with Crippen molar-refractivity contribution >= 4 is 5.97 Å². The normalized spacial score (nSPS) is 10.5. The van der Waals surface area contributed by atoms with Gasteiger partial charge in [0.1, 0.15) is 12.4 Å². The number of carbonyl (C=O) groups excluding carboxylic acids is 1. The molecule has 0 atom stereocenters. The Hall–Kier alpha value is -1.55. The third-order valence-corrected chi connectivity index (χ3v) is 2.82. The van der Waals surface area contributed by atoms with Gasteiger partial charge >= 0.3 is 5.97 Å². The number of nitrogens with zero attached hydrogens (tertiary/aromatic N) is 1. The number of rotatable bonds is 8. The standard InChI is InChI=1S/C15H23NO3/c1-4-9-16(12-15(17)18-3)10-11-19-14-7-5-13(2)6-8-14/h5-8H,4,9-12H2,1-3H3. The molecule has 0 spiro atoms. The number of aryl methyl sites for hydroxylation is 1. The fourth-order valence-electron chi connectivity index (χ4n) is 1.76. The van der Waals surface area contributed by atoms with Crippen LogP contribution in [0.1, 0.15) is 18.9 Å². The summed E-state index contributed by atoms with van der Waals surface area (Å²) in [5, 5.41) is 0. The molecule has 0 aliphatic heterocycles. The highest BCUT2D eigenvalue weighted by atomic mass is 16.5. The number of hydrogen-bond donors (Lipinski definition) is 0. The highest BCUT2D eigenvalue weighted by molar-refractivity contribution is 5.71. The summed E-state index contributed by atoms with van der Waals surface area (Å²) in [5.74, 6) is 0.656. The third kappa shape index (κ3) is 6.25. The average Bonchev–Trinajstić information content (AvgIpc) is 2.41. The van der Waals surface area contributed by atoms with Crippen LogP contribution < -0.4 is 4.74 Å². The topological polar surface area (TPSA) is 38.8 Å². The second-order valence-corrected chi connectivity index (χ2v) is 4.51. The minimum absolute atomic E-state index is 0.205. The summed E-state index contributed by atoms with van der Waals surface area (Å²) >= 11 is 0. The van der Waals surface area contributed by atoms with E-state index in [1.165, 1.54) is 12.7 Å². The van der Waals surface area contributed by atoms with Gasteiger partial charge in [-0.3, -0.25) is 9.69 Å². The van der Waals surface area contributed by atoms with Crippen LogP contribution in [0.2, 0.25) is 0 Å². The second-order valence-electron chi connectivity index (χ2n) is 4.51. The number of benzene rings is 1. The van der Waals surface area contributed by atoms with Gasteiger partial charge in [0.2, 0.25) is 0 Å². The van der Waals surface area contributed by atoms with Crippen LogP contribution in [-0.4, -0.2) is 44.2 Å². The lowest BCUT2D eigenvalue weighted by Gasteiger charge is -2.20. The monoisotopic (exact) mass is 265 g/mol. The van der Waals surface area contributed by atoms with E-state index < -0.39 is 0 Å². The number of hydrogen-bond acceptors (Lipinski definition) is 4. The summed E-state index contributed by atoms with van der Waals surface area (Å²) in [7, 11) is 1.41. The molecule has 0 unspecified atom stereocenters. The Bertz CT molecular complexity index is 375. The maximum Gasteiger partial charge on any atom is 0.319 e. The zero-order valence-corrected chi connectivity index (χ0v) is 12.0. The summed E-state index contributed by atoms with van der Waals surface area (Å²) < 4.78 is 10.3. The molecule has 0 bridgehead atoms.